The Morgan fingerprint density at radius 3 is 2.72 bits per heavy atom. The smallest absolute Gasteiger partial charge is 0.296 e. The predicted octanol–water partition coefficient (Wildman–Crippen LogP) is 3.16. The lowest BCUT2D eigenvalue weighted by molar-refractivity contribution is 0.249. The Kier molecular flexibility index (Phi) is 4.29. The SMILES string of the molecule is NC12CCC(CC1)Cn1c2nc(-c2ncc(Cc3ccc(F)cc3)s2)c(O)c1=O. The molecule has 6 rings (SSSR count). The van der Waals surface area contributed by atoms with Crippen LogP contribution in [0.2, 0.25) is 0 Å². The highest BCUT2D eigenvalue weighted by Gasteiger charge is 2.41. The minimum atomic E-state index is -0.636. The number of nitrogens with two attached hydrogens (primary N) is 1. The topological polar surface area (TPSA) is 94.0 Å². The van der Waals surface area contributed by atoms with E-state index >= 15 is 0 Å². The lowest BCUT2D eigenvalue weighted by atomic mass is 9.78. The number of rotatable bonds is 3. The Morgan fingerprint density at radius 1 is 1.28 bits per heavy atom. The van der Waals surface area contributed by atoms with Crippen molar-refractivity contribution in [2.45, 2.75) is 44.2 Å². The summed E-state index contributed by atoms with van der Waals surface area (Å²) in [5.41, 5.74) is 6.72. The Labute approximate surface area is 170 Å². The number of thiazole rings is 1. The molecule has 0 radical (unpaired) electrons. The van der Waals surface area contributed by atoms with Crippen LogP contribution in [-0.4, -0.2) is 19.6 Å². The monoisotopic (exact) mass is 412 g/mol. The van der Waals surface area contributed by atoms with Gasteiger partial charge in [0.05, 0.1) is 5.54 Å². The van der Waals surface area contributed by atoms with Crippen LogP contribution in [0, 0.1) is 11.7 Å². The largest absolute Gasteiger partial charge is 0.501 e. The number of aromatic nitrogens is 3. The lowest BCUT2D eigenvalue weighted by Crippen LogP contribution is -2.42. The van der Waals surface area contributed by atoms with Crippen molar-refractivity contribution >= 4 is 11.3 Å². The van der Waals surface area contributed by atoms with E-state index in [2.05, 4.69) is 9.97 Å². The lowest BCUT2D eigenvalue weighted by Gasteiger charge is -2.32. The molecule has 3 aliphatic rings. The molecule has 0 atom stereocenters. The summed E-state index contributed by atoms with van der Waals surface area (Å²) in [6.45, 7) is 0.557. The van der Waals surface area contributed by atoms with Crippen molar-refractivity contribution in [3.05, 3.63) is 62.9 Å². The molecule has 2 aliphatic heterocycles. The van der Waals surface area contributed by atoms with E-state index in [0.717, 1.165) is 36.1 Å². The zero-order valence-electron chi connectivity index (χ0n) is 15.8. The minimum absolute atomic E-state index is 0.201. The maximum absolute atomic E-state index is 13.1. The summed E-state index contributed by atoms with van der Waals surface area (Å²) in [6.07, 6.45) is 5.82. The van der Waals surface area contributed by atoms with Gasteiger partial charge in [-0.25, -0.2) is 14.4 Å². The highest BCUT2D eigenvalue weighted by Crippen LogP contribution is 2.42. The van der Waals surface area contributed by atoms with Gasteiger partial charge in [-0.05, 0) is 49.3 Å². The summed E-state index contributed by atoms with van der Waals surface area (Å²) in [7, 11) is 0. The molecule has 0 spiro atoms. The van der Waals surface area contributed by atoms with E-state index in [0.29, 0.717) is 29.7 Å². The first-order chi connectivity index (χ1) is 13.9. The van der Waals surface area contributed by atoms with Gasteiger partial charge in [0.1, 0.15) is 22.3 Å². The van der Waals surface area contributed by atoms with Crippen LogP contribution in [0.1, 0.15) is 41.9 Å². The standard InChI is InChI=1S/C21H21FN4O2S/c22-14-3-1-12(2-4-14)9-15-10-24-18(29-15)16-17(27)19(28)26-11-13-5-7-21(23,8-6-13)20(26)25-16/h1-4,10,13,27H,5-9,11,23H2. The number of hydrogen-bond acceptors (Lipinski definition) is 6. The number of fused-ring (bicyclic) bond motifs is 2. The summed E-state index contributed by atoms with van der Waals surface area (Å²) >= 11 is 1.37. The van der Waals surface area contributed by atoms with Crippen molar-refractivity contribution in [1.29, 1.82) is 0 Å². The van der Waals surface area contributed by atoms with Crippen LogP contribution in [0.4, 0.5) is 4.39 Å². The third-order valence-electron chi connectivity index (χ3n) is 6.08. The first-order valence-corrected chi connectivity index (χ1v) is 10.6. The molecular weight excluding hydrogens is 391 g/mol. The van der Waals surface area contributed by atoms with Crippen molar-refractivity contribution in [3.8, 4) is 16.5 Å². The number of halogens is 1. The van der Waals surface area contributed by atoms with E-state index in [1.54, 1.807) is 22.9 Å². The fraction of sp³-hybridized carbons (Fsp3) is 0.381. The molecule has 3 aromatic rings. The van der Waals surface area contributed by atoms with Crippen molar-refractivity contribution in [1.82, 2.24) is 14.5 Å². The molecule has 1 fully saturated rings. The first-order valence-electron chi connectivity index (χ1n) is 9.76. The van der Waals surface area contributed by atoms with Gasteiger partial charge in [-0.2, -0.15) is 0 Å². The second kappa shape index (κ2) is 6.74. The predicted molar refractivity (Wildman–Crippen MR) is 108 cm³/mol. The summed E-state index contributed by atoms with van der Waals surface area (Å²) < 4.78 is 14.7. The van der Waals surface area contributed by atoms with Gasteiger partial charge < -0.3 is 10.8 Å². The molecule has 0 saturated heterocycles. The molecular formula is C21H21FN4O2S. The van der Waals surface area contributed by atoms with E-state index in [-0.39, 0.29) is 17.3 Å². The summed E-state index contributed by atoms with van der Waals surface area (Å²) in [5, 5.41) is 11.1. The van der Waals surface area contributed by atoms with Crippen LogP contribution in [0.25, 0.3) is 10.7 Å². The van der Waals surface area contributed by atoms with Crippen LogP contribution in [0.3, 0.4) is 0 Å². The van der Waals surface area contributed by atoms with Gasteiger partial charge in [0.25, 0.3) is 5.56 Å². The fourth-order valence-corrected chi connectivity index (χ4v) is 5.34. The van der Waals surface area contributed by atoms with E-state index in [4.69, 9.17) is 5.73 Å². The van der Waals surface area contributed by atoms with Crippen molar-refractivity contribution in [2.24, 2.45) is 11.7 Å². The second-order valence-corrected chi connectivity index (χ2v) is 9.20. The third-order valence-corrected chi connectivity index (χ3v) is 7.08. The molecule has 3 N–H and O–H groups in total. The van der Waals surface area contributed by atoms with Gasteiger partial charge in [-0.1, -0.05) is 12.1 Å². The van der Waals surface area contributed by atoms with Crippen LogP contribution >= 0.6 is 11.3 Å². The summed E-state index contributed by atoms with van der Waals surface area (Å²) in [5.74, 6) is 0.315. The molecule has 4 heterocycles. The normalized spacial score (nSPS) is 23.0. The average molecular weight is 412 g/mol. The highest BCUT2D eigenvalue weighted by molar-refractivity contribution is 7.15. The fourth-order valence-electron chi connectivity index (χ4n) is 4.40. The Morgan fingerprint density at radius 2 is 2.00 bits per heavy atom. The number of hydrogen-bond donors (Lipinski definition) is 2. The van der Waals surface area contributed by atoms with Crippen LogP contribution in [0.15, 0.2) is 35.3 Å². The Hall–Kier alpha value is -2.58. The molecule has 1 saturated carbocycles. The van der Waals surface area contributed by atoms with E-state index in [1.807, 2.05) is 0 Å². The van der Waals surface area contributed by atoms with Crippen LogP contribution in [0.5, 0.6) is 5.75 Å². The van der Waals surface area contributed by atoms with Crippen molar-refractivity contribution < 1.29 is 9.50 Å². The molecule has 0 amide bonds. The van der Waals surface area contributed by atoms with Gasteiger partial charge in [-0.3, -0.25) is 9.36 Å². The van der Waals surface area contributed by atoms with E-state index in [9.17, 15) is 14.3 Å². The summed E-state index contributed by atoms with van der Waals surface area (Å²) in [6, 6.07) is 6.31. The van der Waals surface area contributed by atoms with Gasteiger partial charge >= 0.3 is 0 Å². The molecule has 29 heavy (non-hydrogen) atoms. The third kappa shape index (κ3) is 3.16. The Bertz CT molecular complexity index is 1130. The van der Waals surface area contributed by atoms with Gasteiger partial charge in [0.2, 0.25) is 5.75 Å². The summed E-state index contributed by atoms with van der Waals surface area (Å²) in [4.78, 5) is 22.9. The number of aromatic hydroxyl groups is 1. The van der Waals surface area contributed by atoms with Crippen molar-refractivity contribution in [2.75, 3.05) is 0 Å². The molecule has 1 aromatic carbocycles. The molecule has 1 aliphatic carbocycles. The van der Waals surface area contributed by atoms with Crippen LogP contribution in [-0.2, 0) is 18.5 Å². The molecule has 8 heteroatoms. The second-order valence-electron chi connectivity index (χ2n) is 8.08. The maximum atomic E-state index is 13.1. The van der Waals surface area contributed by atoms with E-state index in [1.165, 1.54) is 23.5 Å². The van der Waals surface area contributed by atoms with Gasteiger partial charge in [0.15, 0.2) is 0 Å². The van der Waals surface area contributed by atoms with Crippen LogP contribution < -0.4 is 11.3 Å². The first kappa shape index (κ1) is 18.4. The van der Waals surface area contributed by atoms with E-state index < -0.39 is 11.1 Å². The highest BCUT2D eigenvalue weighted by atomic mass is 32.1. The van der Waals surface area contributed by atoms with Crippen molar-refractivity contribution in [3.63, 3.8) is 0 Å². The number of benzene rings is 1. The molecule has 0 unspecified atom stereocenters. The molecule has 150 valence electrons. The average Bonchev–Trinajstić information content (AvgIpc) is 3.06. The van der Waals surface area contributed by atoms with Gasteiger partial charge in [-0.15, -0.1) is 11.3 Å². The van der Waals surface area contributed by atoms with Gasteiger partial charge in [0, 0.05) is 24.0 Å². The zero-order valence-corrected chi connectivity index (χ0v) is 16.6. The maximum Gasteiger partial charge on any atom is 0.296 e. The minimum Gasteiger partial charge on any atom is -0.501 e. The molecule has 2 bridgehead atoms. The number of nitrogens with zero attached hydrogens (tertiary/aromatic N) is 3. The zero-order chi connectivity index (χ0) is 20.2. The molecule has 6 nitrogen and oxygen atoms in total. The quantitative estimate of drug-likeness (QED) is 0.689. The Balaban J connectivity index is 1.54. The molecule has 2 aromatic heterocycles.